The Morgan fingerprint density at radius 2 is 1.78 bits per heavy atom. The third-order valence-electron chi connectivity index (χ3n) is 4.44. The quantitative estimate of drug-likeness (QED) is 0.498. The van der Waals surface area contributed by atoms with Crippen molar-refractivity contribution in [1.82, 2.24) is 5.32 Å². The molecular weight excluding hydrogens is 452 g/mol. The summed E-state index contributed by atoms with van der Waals surface area (Å²) in [4.78, 5) is 12.5. The molecule has 0 spiro atoms. The number of nitrogens with one attached hydrogen (secondary N) is 2. The molecule has 0 saturated carbocycles. The molecule has 11 heteroatoms. The first-order valence-corrected chi connectivity index (χ1v) is 11.1. The fraction of sp³-hybridized carbons (Fsp3) is 0.190. The second-order valence-corrected chi connectivity index (χ2v) is 8.80. The van der Waals surface area contributed by atoms with E-state index in [-0.39, 0.29) is 22.8 Å². The maximum absolute atomic E-state index is 14.2. The van der Waals surface area contributed by atoms with Gasteiger partial charge in [0.1, 0.15) is 11.6 Å². The maximum atomic E-state index is 14.2. The first-order valence-electron chi connectivity index (χ1n) is 9.19. The molecule has 32 heavy (non-hydrogen) atoms. The Balaban J connectivity index is 1.73. The third-order valence-corrected chi connectivity index (χ3v) is 5.03. The zero-order valence-electron chi connectivity index (χ0n) is 16.8. The standard InChI is InChI=1S/C21H18F4N2O4S/c1-12(13-6-7-17(16(22)11-13)27-32(2,29)30)26-20(28)19-9-8-18(31-19)14-4-3-5-15(10-14)21(23,24)25/h3-12,27H,1-2H3,(H,26,28)/t12-/m0/s1. The van der Waals surface area contributed by atoms with Gasteiger partial charge in [-0.25, -0.2) is 12.8 Å². The van der Waals surface area contributed by atoms with Crippen molar-refractivity contribution in [2.24, 2.45) is 0 Å². The number of carbonyl (C=O) groups is 1. The molecule has 1 amide bonds. The van der Waals surface area contributed by atoms with E-state index in [9.17, 15) is 30.8 Å². The number of furan rings is 1. The van der Waals surface area contributed by atoms with Crippen molar-refractivity contribution in [2.45, 2.75) is 19.1 Å². The SMILES string of the molecule is C[C@H](NC(=O)c1ccc(-c2cccc(C(F)(F)F)c2)o1)c1ccc(NS(C)(=O)=O)c(F)c1. The van der Waals surface area contributed by atoms with Gasteiger partial charge in [-0.3, -0.25) is 9.52 Å². The highest BCUT2D eigenvalue weighted by atomic mass is 32.2. The average molecular weight is 470 g/mol. The van der Waals surface area contributed by atoms with Crippen molar-refractivity contribution >= 4 is 21.6 Å². The molecule has 3 aromatic rings. The molecule has 0 aliphatic heterocycles. The third kappa shape index (κ3) is 5.67. The van der Waals surface area contributed by atoms with Crippen LogP contribution in [0.5, 0.6) is 0 Å². The molecule has 2 N–H and O–H groups in total. The number of anilines is 1. The number of carbonyl (C=O) groups excluding carboxylic acids is 1. The van der Waals surface area contributed by atoms with E-state index in [4.69, 9.17) is 4.42 Å². The van der Waals surface area contributed by atoms with Crippen molar-refractivity contribution in [3.8, 4) is 11.3 Å². The van der Waals surface area contributed by atoms with Gasteiger partial charge in [-0.1, -0.05) is 18.2 Å². The Morgan fingerprint density at radius 3 is 2.41 bits per heavy atom. The summed E-state index contributed by atoms with van der Waals surface area (Å²) in [5.41, 5.74) is -0.559. The lowest BCUT2D eigenvalue weighted by molar-refractivity contribution is -0.137. The molecule has 1 heterocycles. The van der Waals surface area contributed by atoms with Gasteiger partial charge in [0.2, 0.25) is 10.0 Å². The van der Waals surface area contributed by atoms with Crippen LogP contribution in [0.25, 0.3) is 11.3 Å². The molecule has 0 unspecified atom stereocenters. The highest BCUT2D eigenvalue weighted by Gasteiger charge is 2.30. The van der Waals surface area contributed by atoms with Gasteiger partial charge in [0.25, 0.3) is 5.91 Å². The molecule has 1 aromatic heterocycles. The lowest BCUT2D eigenvalue weighted by atomic mass is 10.1. The highest BCUT2D eigenvalue weighted by Crippen LogP contribution is 2.32. The summed E-state index contributed by atoms with van der Waals surface area (Å²) in [5.74, 6) is -1.54. The summed E-state index contributed by atoms with van der Waals surface area (Å²) in [6, 6.07) is 10.3. The van der Waals surface area contributed by atoms with Crippen molar-refractivity contribution in [3.63, 3.8) is 0 Å². The van der Waals surface area contributed by atoms with E-state index >= 15 is 0 Å². The number of halogens is 4. The summed E-state index contributed by atoms with van der Waals surface area (Å²) in [6.45, 7) is 1.58. The van der Waals surface area contributed by atoms with Crippen LogP contribution in [0.1, 0.15) is 34.6 Å². The van der Waals surface area contributed by atoms with E-state index in [2.05, 4.69) is 5.32 Å². The molecule has 0 aliphatic rings. The molecule has 1 atom stereocenters. The Bertz CT molecular complexity index is 1250. The van der Waals surface area contributed by atoms with Gasteiger partial charge in [-0.2, -0.15) is 13.2 Å². The summed E-state index contributed by atoms with van der Waals surface area (Å²) in [7, 11) is -3.65. The van der Waals surface area contributed by atoms with E-state index in [0.29, 0.717) is 5.56 Å². The normalized spacial score (nSPS) is 12.9. The first-order chi connectivity index (χ1) is 14.8. The van der Waals surface area contributed by atoms with Crippen molar-refractivity contribution in [2.75, 3.05) is 11.0 Å². The topological polar surface area (TPSA) is 88.4 Å². The maximum Gasteiger partial charge on any atom is 0.416 e. The number of alkyl halides is 3. The second kappa shape index (κ2) is 8.65. The number of sulfonamides is 1. The minimum absolute atomic E-state index is 0.0798. The van der Waals surface area contributed by atoms with Crippen molar-refractivity contribution in [3.05, 3.63) is 77.3 Å². The van der Waals surface area contributed by atoms with Gasteiger partial charge < -0.3 is 9.73 Å². The van der Waals surface area contributed by atoms with Gasteiger partial charge in [0, 0.05) is 5.56 Å². The molecule has 3 rings (SSSR count). The zero-order valence-corrected chi connectivity index (χ0v) is 17.6. The number of hydrogen-bond acceptors (Lipinski definition) is 4. The zero-order chi connectivity index (χ0) is 23.7. The Kier molecular flexibility index (Phi) is 6.31. The van der Waals surface area contributed by atoms with Crippen molar-refractivity contribution < 1.29 is 35.2 Å². The van der Waals surface area contributed by atoms with E-state index in [0.717, 1.165) is 24.5 Å². The van der Waals surface area contributed by atoms with E-state index in [1.807, 2.05) is 4.72 Å². The molecule has 0 bridgehead atoms. The molecule has 0 fully saturated rings. The van der Waals surface area contributed by atoms with Gasteiger partial charge in [0.05, 0.1) is 23.5 Å². The number of amides is 1. The van der Waals surface area contributed by atoms with Gasteiger partial charge in [0.15, 0.2) is 5.76 Å². The Morgan fingerprint density at radius 1 is 1.06 bits per heavy atom. The van der Waals surface area contributed by atoms with Gasteiger partial charge in [-0.15, -0.1) is 0 Å². The van der Waals surface area contributed by atoms with Crippen LogP contribution in [0.4, 0.5) is 23.2 Å². The van der Waals surface area contributed by atoms with Crippen LogP contribution in [0.3, 0.4) is 0 Å². The highest BCUT2D eigenvalue weighted by molar-refractivity contribution is 7.92. The molecular formula is C21H18F4N2O4S. The van der Waals surface area contributed by atoms with Crippen LogP contribution < -0.4 is 10.0 Å². The van der Waals surface area contributed by atoms with Gasteiger partial charge in [-0.05, 0) is 48.9 Å². The monoisotopic (exact) mass is 470 g/mol. The van der Waals surface area contributed by atoms with Crippen LogP contribution in [-0.4, -0.2) is 20.6 Å². The fourth-order valence-electron chi connectivity index (χ4n) is 2.90. The van der Waals surface area contributed by atoms with Crippen LogP contribution >= 0.6 is 0 Å². The summed E-state index contributed by atoms with van der Waals surface area (Å²) >= 11 is 0. The average Bonchev–Trinajstić information content (AvgIpc) is 3.18. The summed E-state index contributed by atoms with van der Waals surface area (Å²) in [5, 5.41) is 2.59. The molecule has 6 nitrogen and oxygen atoms in total. The van der Waals surface area contributed by atoms with E-state index in [1.165, 1.54) is 36.4 Å². The van der Waals surface area contributed by atoms with E-state index < -0.39 is 39.5 Å². The van der Waals surface area contributed by atoms with Crippen LogP contribution in [0, 0.1) is 5.82 Å². The minimum atomic E-state index is -4.51. The predicted molar refractivity (Wildman–Crippen MR) is 110 cm³/mol. The van der Waals surface area contributed by atoms with Gasteiger partial charge >= 0.3 is 6.18 Å². The number of hydrogen-bond donors (Lipinski definition) is 2. The lowest BCUT2D eigenvalue weighted by Crippen LogP contribution is -2.26. The largest absolute Gasteiger partial charge is 0.451 e. The molecule has 170 valence electrons. The smallest absolute Gasteiger partial charge is 0.416 e. The summed E-state index contributed by atoms with van der Waals surface area (Å²) in [6.07, 6.45) is -3.62. The molecule has 2 aromatic carbocycles. The first kappa shape index (κ1) is 23.3. The Hall–Kier alpha value is -3.34. The minimum Gasteiger partial charge on any atom is -0.451 e. The van der Waals surface area contributed by atoms with Crippen LogP contribution in [0.15, 0.2) is 59.0 Å². The van der Waals surface area contributed by atoms with Crippen LogP contribution in [-0.2, 0) is 16.2 Å². The molecule has 0 aliphatic carbocycles. The Labute approximate surface area is 181 Å². The second-order valence-electron chi connectivity index (χ2n) is 7.05. The van der Waals surface area contributed by atoms with Crippen molar-refractivity contribution in [1.29, 1.82) is 0 Å². The number of rotatable bonds is 6. The summed E-state index contributed by atoms with van der Waals surface area (Å²) < 4.78 is 82.8. The van der Waals surface area contributed by atoms with E-state index in [1.54, 1.807) is 6.92 Å². The van der Waals surface area contributed by atoms with Crippen LogP contribution in [0.2, 0.25) is 0 Å². The number of benzene rings is 2. The lowest BCUT2D eigenvalue weighted by Gasteiger charge is -2.15. The predicted octanol–water partition coefficient (Wildman–Crippen LogP) is 4.97. The molecule has 0 saturated heterocycles. The molecule has 0 radical (unpaired) electrons. The fourth-order valence-corrected chi connectivity index (χ4v) is 3.46.